The minimum absolute atomic E-state index is 0.250. The molecule has 1 aromatic carbocycles. The Morgan fingerprint density at radius 3 is 2.86 bits per heavy atom. The summed E-state index contributed by atoms with van der Waals surface area (Å²) in [5.74, 6) is 1.35. The molecule has 1 aliphatic rings. The third-order valence-corrected chi connectivity index (χ3v) is 5.16. The van der Waals surface area contributed by atoms with Crippen molar-refractivity contribution in [1.29, 1.82) is 0 Å². The van der Waals surface area contributed by atoms with Gasteiger partial charge in [0.05, 0.1) is 5.39 Å². The van der Waals surface area contributed by atoms with Crippen LogP contribution in [0.3, 0.4) is 0 Å². The van der Waals surface area contributed by atoms with Gasteiger partial charge in [0, 0.05) is 36.6 Å². The van der Waals surface area contributed by atoms with Gasteiger partial charge in [0.2, 0.25) is 0 Å². The van der Waals surface area contributed by atoms with Crippen LogP contribution in [0.25, 0.3) is 21.3 Å². The van der Waals surface area contributed by atoms with Gasteiger partial charge in [-0.05, 0) is 12.0 Å². The lowest BCUT2D eigenvalue weighted by Gasteiger charge is -2.18. The second-order valence-electron chi connectivity index (χ2n) is 5.68. The van der Waals surface area contributed by atoms with Crippen molar-refractivity contribution in [1.82, 2.24) is 9.97 Å². The summed E-state index contributed by atoms with van der Waals surface area (Å²) in [7, 11) is 0. The molecule has 22 heavy (non-hydrogen) atoms. The molecule has 0 spiro atoms. The fraction of sp³-hybridized carbons (Fsp3) is 0.294. The Morgan fingerprint density at radius 1 is 1.23 bits per heavy atom. The Balaban J connectivity index is 1.84. The van der Waals surface area contributed by atoms with E-state index < -0.39 is 0 Å². The monoisotopic (exact) mass is 311 g/mol. The van der Waals surface area contributed by atoms with E-state index in [1.165, 1.54) is 11.1 Å². The first-order valence-corrected chi connectivity index (χ1v) is 8.38. The maximum Gasteiger partial charge on any atom is 0.141 e. The van der Waals surface area contributed by atoms with Crippen LogP contribution in [0.1, 0.15) is 6.42 Å². The summed E-state index contributed by atoms with van der Waals surface area (Å²) in [5, 5.41) is 12.7. The number of aliphatic hydroxyl groups is 1. The van der Waals surface area contributed by atoms with Gasteiger partial charge in [0.1, 0.15) is 17.0 Å². The van der Waals surface area contributed by atoms with Gasteiger partial charge in [-0.1, -0.05) is 30.3 Å². The third-order valence-electron chi connectivity index (χ3n) is 4.28. The minimum Gasteiger partial charge on any atom is -0.396 e. The SMILES string of the molecule is OCC1CCN(c2ncnc3scc(-c4ccccc4)c23)C1. The average Bonchev–Trinajstić information content (AvgIpc) is 3.22. The van der Waals surface area contributed by atoms with Crippen LogP contribution >= 0.6 is 11.3 Å². The topological polar surface area (TPSA) is 49.2 Å². The Morgan fingerprint density at radius 2 is 2.09 bits per heavy atom. The van der Waals surface area contributed by atoms with Crippen molar-refractivity contribution in [3.05, 3.63) is 42.0 Å². The highest BCUT2D eigenvalue weighted by Gasteiger charge is 2.25. The van der Waals surface area contributed by atoms with Crippen LogP contribution in [0.5, 0.6) is 0 Å². The van der Waals surface area contributed by atoms with E-state index in [4.69, 9.17) is 0 Å². The number of benzene rings is 1. The zero-order valence-corrected chi connectivity index (χ0v) is 13.0. The molecule has 0 bridgehead atoms. The van der Waals surface area contributed by atoms with Crippen molar-refractivity contribution >= 4 is 27.4 Å². The standard InChI is InChI=1S/C17H17N3OS/c21-9-12-6-7-20(8-12)16-15-14(13-4-2-1-3-5-13)10-22-17(15)19-11-18-16/h1-5,10-12,21H,6-9H2. The molecule has 112 valence electrons. The summed E-state index contributed by atoms with van der Waals surface area (Å²) in [6.45, 7) is 2.06. The Hall–Kier alpha value is -1.98. The van der Waals surface area contributed by atoms with Crippen LogP contribution in [0, 0.1) is 5.92 Å². The highest BCUT2D eigenvalue weighted by molar-refractivity contribution is 7.17. The lowest BCUT2D eigenvalue weighted by molar-refractivity contribution is 0.238. The van der Waals surface area contributed by atoms with Gasteiger partial charge < -0.3 is 10.0 Å². The van der Waals surface area contributed by atoms with E-state index in [9.17, 15) is 5.11 Å². The van der Waals surface area contributed by atoms with Crippen molar-refractivity contribution in [2.45, 2.75) is 6.42 Å². The normalized spacial score (nSPS) is 18.2. The van der Waals surface area contributed by atoms with Gasteiger partial charge >= 0.3 is 0 Å². The van der Waals surface area contributed by atoms with Crippen LogP contribution in [0.15, 0.2) is 42.0 Å². The smallest absolute Gasteiger partial charge is 0.141 e. The van der Waals surface area contributed by atoms with E-state index in [2.05, 4.69) is 44.5 Å². The van der Waals surface area contributed by atoms with Crippen molar-refractivity contribution in [2.24, 2.45) is 5.92 Å². The first kappa shape index (κ1) is 13.7. The Kier molecular flexibility index (Phi) is 3.52. The highest BCUT2D eigenvalue weighted by Crippen LogP contribution is 2.38. The van der Waals surface area contributed by atoms with Gasteiger partial charge in [-0.2, -0.15) is 0 Å². The number of hydrogen-bond acceptors (Lipinski definition) is 5. The molecule has 1 aliphatic heterocycles. The number of nitrogens with zero attached hydrogens (tertiary/aromatic N) is 3. The molecule has 0 saturated carbocycles. The number of fused-ring (bicyclic) bond motifs is 1. The van der Waals surface area contributed by atoms with Crippen LogP contribution in [-0.4, -0.2) is 34.8 Å². The van der Waals surface area contributed by atoms with E-state index in [1.54, 1.807) is 17.7 Å². The van der Waals surface area contributed by atoms with E-state index in [1.807, 2.05) is 6.07 Å². The summed E-state index contributed by atoms with van der Waals surface area (Å²) in [6, 6.07) is 10.4. The Labute approximate surface area is 133 Å². The van der Waals surface area contributed by atoms with Gasteiger partial charge in [-0.3, -0.25) is 0 Å². The predicted octanol–water partition coefficient (Wildman–Crippen LogP) is 3.18. The van der Waals surface area contributed by atoms with Gasteiger partial charge in [-0.25, -0.2) is 9.97 Å². The lowest BCUT2D eigenvalue weighted by atomic mass is 10.1. The fourth-order valence-corrected chi connectivity index (χ4v) is 4.01. The zero-order chi connectivity index (χ0) is 14.9. The first-order valence-electron chi connectivity index (χ1n) is 7.50. The molecular weight excluding hydrogens is 294 g/mol. The summed E-state index contributed by atoms with van der Waals surface area (Å²) in [5.41, 5.74) is 2.39. The van der Waals surface area contributed by atoms with Crippen LogP contribution < -0.4 is 4.90 Å². The molecule has 3 aromatic rings. The molecule has 1 saturated heterocycles. The molecule has 0 aliphatic carbocycles. The molecule has 1 unspecified atom stereocenters. The molecule has 5 heteroatoms. The second kappa shape index (κ2) is 5.66. The maximum atomic E-state index is 9.38. The lowest BCUT2D eigenvalue weighted by Crippen LogP contribution is -2.22. The molecule has 0 radical (unpaired) electrons. The van der Waals surface area contributed by atoms with Crippen LogP contribution in [-0.2, 0) is 0 Å². The van der Waals surface area contributed by atoms with Gasteiger partial charge in [0.15, 0.2) is 0 Å². The van der Waals surface area contributed by atoms with E-state index >= 15 is 0 Å². The maximum absolute atomic E-state index is 9.38. The third kappa shape index (κ3) is 2.26. The van der Waals surface area contributed by atoms with E-state index in [-0.39, 0.29) is 6.61 Å². The minimum atomic E-state index is 0.250. The average molecular weight is 311 g/mol. The van der Waals surface area contributed by atoms with Crippen LogP contribution in [0.2, 0.25) is 0 Å². The summed E-state index contributed by atoms with van der Waals surface area (Å²) < 4.78 is 0. The van der Waals surface area contributed by atoms with Gasteiger partial charge in [0.25, 0.3) is 0 Å². The number of anilines is 1. The molecule has 4 rings (SSSR count). The largest absolute Gasteiger partial charge is 0.396 e. The summed E-state index contributed by atoms with van der Waals surface area (Å²) in [6.07, 6.45) is 2.67. The predicted molar refractivity (Wildman–Crippen MR) is 90.3 cm³/mol. The van der Waals surface area contributed by atoms with Gasteiger partial charge in [-0.15, -0.1) is 11.3 Å². The summed E-state index contributed by atoms with van der Waals surface area (Å²) in [4.78, 5) is 12.3. The molecule has 3 heterocycles. The quantitative estimate of drug-likeness (QED) is 0.807. The molecule has 1 atom stereocenters. The molecule has 0 amide bonds. The number of thiophene rings is 1. The van der Waals surface area contributed by atoms with Crippen molar-refractivity contribution in [3.63, 3.8) is 0 Å². The molecule has 2 aromatic heterocycles. The number of aromatic nitrogens is 2. The second-order valence-corrected chi connectivity index (χ2v) is 6.53. The van der Waals surface area contributed by atoms with E-state index in [0.29, 0.717) is 5.92 Å². The fourth-order valence-electron chi connectivity index (χ4n) is 3.10. The zero-order valence-electron chi connectivity index (χ0n) is 12.1. The summed E-state index contributed by atoms with van der Waals surface area (Å²) >= 11 is 1.66. The number of hydrogen-bond donors (Lipinski definition) is 1. The van der Waals surface area contributed by atoms with Crippen LogP contribution in [0.4, 0.5) is 5.82 Å². The molecule has 1 fully saturated rings. The number of rotatable bonds is 3. The highest BCUT2D eigenvalue weighted by atomic mass is 32.1. The van der Waals surface area contributed by atoms with E-state index in [0.717, 1.165) is 35.5 Å². The van der Waals surface area contributed by atoms with Crippen molar-refractivity contribution < 1.29 is 5.11 Å². The van der Waals surface area contributed by atoms with Crippen molar-refractivity contribution in [3.8, 4) is 11.1 Å². The first-order chi connectivity index (χ1) is 10.9. The van der Waals surface area contributed by atoms with Crippen molar-refractivity contribution in [2.75, 3.05) is 24.6 Å². The molecule has 4 nitrogen and oxygen atoms in total. The molecular formula is C17H17N3OS. The molecule has 1 N–H and O–H groups in total. The number of aliphatic hydroxyl groups excluding tert-OH is 1. The Bertz CT molecular complexity index is 787.